The summed E-state index contributed by atoms with van der Waals surface area (Å²) in [5.74, 6) is 0.734. The molecule has 0 atom stereocenters. The highest BCUT2D eigenvalue weighted by atomic mass is 19.1. The van der Waals surface area contributed by atoms with Crippen molar-refractivity contribution in [2.24, 2.45) is 11.5 Å². The van der Waals surface area contributed by atoms with Gasteiger partial charge in [0.05, 0.1) is 19.6 Å². The summed E-state index contributed by atoms with van der Waals surface area (Å²) in [7, 11) is 0. The van der Waals surface area contributed by atoms with Crippen LogP contribution in [0.2, 0.25) is 0 Å². The zero-order valence-electron chi connectivity index (χ0n) is 20.3. The van der Waals surface area contributed by atoms with Gasteiger partial charge in [-0.15, -0.1) is 0 Å². The number of benzene rings is 3. The van der Waals surface area contributed by atoms with E-state index in [2.05, 4.69) is 22.9 Å². The van der Waals surface area contributed by atoms with E-state index in [0.717, 1.165) is 17.9 Å². The van der Waals surface area contributed by atoms with E-state index in [4.69, 9.17) is 20.0 Å². The van der Waals surface area contributed by atoms with Gasteiger partial charge in [-0.3, -0.25) is 14.6 Å². The SMILES string of the molecule is Fc1ccc(Oc2ccc(CCOCc3ccccc3)cc2)cc1.NC(=O)Cc1ccccn1.NC=O. The topological polar surface area (TPSA) is 118 Å². The number of pyridine rings is 1. The van der Waals surface area contributed by atoms with Crippen molar-refractivity contribution in [2.45, 2.75) is 19.4 Å². The van der Waals surface area contributed by atoms with Gasteiger partial charge in [-0.1, -0.05) is 48.5 Å². The molecule has 0 unspecified atom stereocenters. The zero-order valence-corrected chi connectivity index (χ0v) is 20.3. The number of rotatable bonds is 9. The van der Waals surface area contributed by atoms with Gasteiger partial charge in [0.1, 0.15) is 17.3 Å². The molecule has 0 fully saturated rings. The number of amides is 2. The predicted octanol–water partition coefficient (Wildman–Crippen LogP) is 4.59. The quantitative estimate of drug-likeness (QED) is 0.256. The summed E-state index contributed by atoms with van der Waals surface area (Å²) in [6.45, 7) is 1.31. The molecule has 1 heterocycles. The molecule has 8 heteroatoms. The maximum absolute atomic E-state index is 12.9. The first-order chi connectivity index (χ1) is 18.0. The summed E-state index contributed by atoms with van der Waals surface area (Å²) >= 11 is 0. The minimum Gasteiger partial charge on any atom is -0.457 e. The van der Waals surface area contributed by atoms with E-state index >= 15 is 0 Å². The van der Waals surface area contributed by atoms with Gasteiger partial charge in [0.25, 0.3) is 0 Å². The fourth-order valence-corrected chi connectivity index (χ4v) is 3.00. The van der Waals surface area contributed by atoms with Gasteiger partial charge in [0, 0.05) is 11.9 Å². The van der Waals surface area contributed by atoms with E-state index in [1.54, 1.807) is 30.5 Å². The normalized spacial score (nSPS) is 9.65. The number of nitrogens with two attached hydrogens (primary N) is 2. The van der Waals surface area contributed by atoms with Crippen LogP contribution >= 0.6 is 0 Å². The van der Waals surface area contributed by atoms with Crippen LogP contribution in [0.1, 0.15) is 16.8 Å². The molecule has 2 amide bonds. The van der Waals surface area contributed by atoms with Crippen molar-refractivity contribution >= 4 is 12.3 Å². The molecule has 0 saturated carbocycles. The zero-order chi connectivity index (χ0) is 26.7. The van der Waals surface area contributed by atoms with E-state index in [1.807, 2.05) is 48.5 Å². The molecule has 0 aliphatic rings. The molecule has 192 valence electrons. The fraction of sp³-hybridized carbons (Fsp3) is 0.138. The molecular weight excluding hydrogens is 473 g/mol. The lowest BCUT2D eigenvalue weighted by Crippen LogP contribution is -2.14. The first-order valence-electron chi connectivity index (χ1n) is 11.5. The molecule has 0 radical (unpaired) electrons. The Kier molecular flexibility index (Phi) is 13.1. The predicted molar refractivity (Wildman–Crippen MR) is 140 cm³/mol. The molecule has 4 rings (SSSR count). The average Bonchev–Trinajstić information content (AvgIpc) is 2.91. The number of aromatic nitrogens is 1. The summed E-state index contributed by atoms with van der Waals surface area (Å²) in [6, 6.07) is 29.4. The van der Waals surface area contributed by atoms with Crippen LogP contribution in [0, 0.1) is 5.82 Å². The smallest absolute Gasteiger partial charge is 0.223 e. The third-order valence-corrected chi connectivity index (χ3v) is 4.70. The summed E-state index contributed by atoms with van der Waals surface area (Å²) in [6.07, 6.45) is 2.96. The Morgan fingerprint density at radius 1 is 0.838 bits per heavy atom. The van der Waals surface area contributed by atoms with Crippen LogP contribution in [0.4, 0.5) is 4.39 Å². The highest BCUT2D eigenvalue weighted by Gasteiger charge is 2.00. The Balaban J connectivity index is 0.000000308. The van der Waals surface area contributed by atoms with Gasteiger partial charge in [0.15, 0.2) is 0 Å². The molecule has 0 saturated heterocycles. The van der Waals surface area contributed by atoms with Crippen LogP contribution in [-0.4, -0.2) is 23.9 Å². The highest BCUT2D eigenvalue weighted by Crippen LogP contribution is 2.22. The largest absolute Gasteiger partial charge is 0.457 e. The number of nitrogens with zero attached hydrogens (tertiary/aromatic N) is 1. The van der Waals surface area contributed by atoms with E-state index in [0.29, 0.717) is 19.0 Å². The van der Waals surface area contributed by atoms with Gasteiger partial charge in [-0.05, 0) is 66.1 Å². The van der Waals surface area contributed by atoms with Crippen molar-refractivity contribution < 1.29 is 23.5 Å². The van der Waals surface area contributed by atoms with Crippen molar-refractivity contribution in [1.82, 2.24) is 4.98 Å². The maximum Gasteiger partial charge on any atom is 0.223 e. The van der Waals surface area contributed by atoms with Crippen molar-refractivity contribution in [3.8, 4) is 11.5 Å². The van der Waals surface area contributed by atoms with Gasteiger partial charge in [0.2, 0.25) is 12.3 Å². The second-order valence-electron chi connectivity index (χ2n) is 7.59. The minimum absolute atomic E-state index is 0.223. The third kappa shape index (κ3) is 12.6. The Bertz CT molecular complexity index is 1170. The molecular formula is C29H30FN3O4. The number of hydrogen-bond donors (Lipinski definition) is 2. The minimum atomic E-state index is -0.348. The number of halogens is 1. The summed E-state index contributed by atoms with van der Waals surface area (Å²) in [5, 5.41) is 0. The third-order valence-electron chi connectivity index (χ3n) is 4.70. The average molecular weight is 504 g/mol. The second-order valence-corrected chi connectivity index (χ2v) is 7.59. The maximum atomic E-state index is 12.9. The van der Waals surface area contributed by atoms with Gasteiger partial charge >= 0.3 is 0 Å². The second kappa shape index (κ2) is 17.0. The number of carbonyl (C=O) groups is 2. The van der Waals surface area contributed by atoms with Crippen LogP contribution < -0.4 is 16.2 Å². The molecule has 4 N–H and O–H groups in total. The number of hydrogen-bond acceptors (Lipinski definition) is 5. The van der Waals surface area contributed by atoms with Crippen molar-refractivity contribution in [3.63, 3.8) is 0 Å². The Labute approximate surface area is 215 Å². The molecule has 4 aromatic rings. The Morgan fingerprint density at radius 2 is 1.43 bits per heavy atom. The number of ether oxygens (including phenoxy) is 2. The van der Waals surface area contributed by atoms with Gasteiger partial charge in [-0.2, -0.15) is 0 Å². The van der Waals surface area contributed by atoms with Crippen molar-refractivity contribution in [3.05, 3.63) is 126 Å². The van der Waals surface area contributed by atoms with E-state index in [9.17, 15) is 9.18 Å². The van der Waals surface area contributed by atoms with E-state index < -0.39 is 0 Å². The molecule has 7 nitrogen and oxygen atoms in total. The van der Waals surface area contributed by atoms with Crippen LogP contribution in [-0.2, 0) is 33.8 Å². The van der Waals surface area contributed by atoms with E-state index in [1.165, 1.54) is 23.3 Å². The molecule has 0 aliphatic carbocycles. The lowest BCUT2D eigenvalue weighted by Gasteiger charge is -2.07. The highest BCUT2D eigenvalue weighted by molar-refractivity contribution is 5.76. The first-order valence-corrected chi connectivity index (χ1v) is 11.5. The molecule has 0 bridgehead atoms. The number of carbonyl (C=O) groups excluding carboxylic acids is 2. The van der Waals surface area contributed by atoms with Crippen LogP contribution in [0.3, 0.4) is 0 Å². The van der Waals surface area contributed by atoms with Crippen LogP contribution in [0.5, 0.6) is 11.5 Å². The van der Waals surface area contributed by atoms with Gasteiger partial charge in [-0.25, -0.2) is 4.39 Å². The summed E-state index contributed by atoms with van der Waals surface area (Å²) in [5.41, 5.74) is 12.2. The lowest BCUT2D eigenvalue weighted by atomic mass is 10.1. The molecule has 0 spiro atoms. The van der Waals surface area contributed by atoms with Crippen molar-refractivity contribution in [1.29, 1.82) is 0 Å². The van der Waals surface area contributed by atoms with Crippen LogP contribution in [0.25, 0.3) is 0 Å². The first kappa shape index (κ1) is 28.7. The monoisotopic (exact) mass is 503 g/mol. The van der Waals surface area contributed by atoms with Crippen molar-refractivity contribution in [2.75, 3.05) is 6.61 Å². The van der Waals surface area contributed by atoms with E-state index in [-0.39, 0.29) is 24.6 Å². The fourth-order valence-electron chi connectivity index (χ4n) is 3.00. The Morgan fingerprint density at radius 3 is 2.00 bits per heavy atom. The summed E-state index contributed by atoms with van der Waals surface area (Å²) < 4.78 is 24.2. The standard InChI is InChI=1S/C21H19FO2.C7H8N2O.CH3NO/c22-19-8-12-21(13-9-19)24-20-10-6-17(7-11-20)14-15-23-16-18-4-2-1-3-5-18;8-7(10)5-6-3-1-2-4-9-6;2-1-3/h1-13H,14-16H2;1-4H,5H2,(H2,8,10);1H,(H2,2,3). The molecule has 0 aliphatic heterocycles. The Hall–Kier alpha value is -4.56. The molecule has 1 aromatic heterocycles. The number of primary amides is 2. The van der Waals surface area contributed by atoms with Crippen LogP contribution in [0.15, 0.2) is 103 Å². The lowest BCUT2D eigenvalue weighted by molar-refractivity contribution is -0.117. The summed E-state index contributed by atoms with van der Waals surface area (Å²) in [4.78, 5) is 22.9. The molecule has 37 heavy (non-hydrogen) atoms. The molecule has 3 aromatic carbocycles. The van der Waals surface area contributed by atoms with Gasteiger partial charge < -0.3 is 20.9 Å².